The van der Waals surface area contributed by atoms with Crippen LogP contribution in [0.2, 0.25) is 0 Å². The summed E-state index contributed by atoms with van der Waals surface area (Å²) in [7, 11) is 0. The highest BCUT2D eigenvalue weighted by molar-refractivity contribution is 5.65. The van der Waals surface area contributed by atoms with Gasteiger partial charge < -0.3 is 21.1 Å². The minimum Gasteiger partial charge on any atom is -0.465 e. The minimum absolute atomic E-state index is 0.0515. The van der Waals surface area contributed by atoms with Gasteiger partial charge in [-0.3, -0.25) is 0 Å². The van der Waals surface area contributed by atoms with Gasteiger partial charge in [0.15, 0.2) is 0 Å². The molecular weight excluding hydrogens is 282 g/mol. The van der Waals surface area contributed by atoms with E-state index < -0.39 is 6.09 Å². The minimum atomic E-state index is -0.974. The average molecular weight is 305 g/mol. The van der Waals surface area contributed by atoms with E-state index in [1.165, 1.54) is 5.56 Å². The number of fused-ring (bicyclic) bond motifs is 1. The van der Waals surface area contributed by atoms with Gasteiger partial charge in [0, 0.05) is 18.7 Å². The van der Waals surface area contributed by atoms with Gasteiger partial charge in [-0.2, -0.15) is 4.98 Å². The Kier molecular flexibility index (Phi) is 3.58. The fourth-order valence-corrected chi connectivity index (χ4v) is 3.45. The quantitative estimate of drug-likeness (QED) is 0.763. The first-order valence-corrected chi connectivity index (χ1v) is 7.74. The SMILES string of the molecule is CC1(C)CCc2c(nc(N)nc2N2CCC(NC(=O)O)C2)C1. The number of nitrogens with one attached hydrogen (secondary N) is 1. The van der Waals surface area contributed by atoms with Gasteiger partial charge in [-0.05, 0) is 31.1 Å². The third-order valence-corrected chi connectivity index (χ3v) is 4.60. The summed E-state index contributed by atoms with van der Waals surface area (Å²) in [5, 5.41) is 11.4. The van der Waals surface area contributed by atoms with Crippen LogP contribution in [0.5, 0.6) is 0 Å². The summed E-state index contributed by atoms with van der Waals surface area (Å²) in [5.74, 6) is 1.20. The summed E-state index contributed by atoms with van der Waals surface area (Å²) < 4.78 is 0. The molecule has 0 radical (unpaired) electrons. The molecule has 1 aliphatic carbocycles. The molecular formula is C15H23N5O2. The number of rotatable bonds is 2. The second-order valence-electron chi connectivity index (χ2n) is 7.05. The van der Waals surface area contributed by atoms with Crippen LogP contribution in [0.1, 0.15) is 37.9 Å². The molecule has 1 atom stereocenters. The molecule has 0 spiro atoms. The zero-order chi connectivity index (χ0) is 15.9. The number of amides is 1. The van der Waals surface area contributed by atoms with Gasteiger partial charge in [0.2, 0.25) is 5.95 Å². The van der Waals surface area contributed by atoms with Crippen molar-refractivity contribution in [2.24, 2.45) is 5.41 Å². The molecule has 0 bridgehead atoms. The van der Waals surface area contributed by atoms with E-state index in [2.05, 4.69) is 34.0 Å². The number of hydrogen-bond donors (Lipinski definition) is 3. The fraction of sp³-hybridized carbons (Fsp3) is 0.667. The summed E-state index contributed by atoms with van der Waals surface area (Å²) in [6.07, 6.45) is 2.78. The van der Waals surface area contributed by atoms with E-state index in [0.717, 1.165) is 43.7 Å². The molecule has 7 heteroatoms. The predicted octanol–water partition coefficient (Wildman–Crippen LogP) is 1.42. The Hall–Kier alpha value is -2.05. The lowest BCUT2D eigenvalue weighted by Crippen LogP contribution is -2.36. The summed E-state index contributed by atoms with van der Waals surface area (Å²) in [6, 6.07) is -0.0515. The number of nitrogens with zero attached hydrogens (tertiary/aromatic N) is 3. The lowest BCUT2D eigenvalue weighted by molar-refractivity contribution is 0.191. The lowest BCUT2D eigenvalue weighted by Gasteiger charge is -2.33. The van der Waals surface area contributed by atoms with Gasteiger partial charge in [-0.15, -0.1) is 0 Å². The first kappa shape index (κ1) is 14.9. The Morgan fingerprint density at radius 1 is 1.45 bits per heavy atom. The maximum Gasteiger partial charge on any atom is 0.404 e. The molecule has 22 heavy (non-hydrogen) atoms. The van der Waals surface area contributed by atoms with Crippen LogP contribution in [0.4, 0.5) is 16.6 Å². The largest absolute Gasteiger partial charge is 0.465 e. The van der Waals surface area contributed by atoms with Crippen LogP contribution in [0.3, 0.4) is 0 Å². The molecule has 1 saturated heterocycles. The number of nitrogens with two attached hydrogens (primary N) is 1. The second kappa shape index (κ2) is 5.30. The van der Waals surface area contributed by atoms with Crippen molar-refractivity contribution in [1.29, 1.82) is 0 Å². The zero-order valence-corrected chi connectivity index (χ0v) is 13.1. The molecule has 1 aromatic heterocycles. The number of carbonyl (C=O) groups is 1. The van der Waals surface area contributed by atoms with E-state index >= 15 is 0 Å². The van der Waals surface area contributed by atoms with E-state index in [0.29, 0.717) is 12.5 Å². The summed E-state index contributed by atoms with van der Waals surface area (Å²) in [5.41, 5.74) is 8.37. The number of nitrogen functional groups attached to an aromatic ring is 1. The molecule has 3 rings (SSSR count). The molecule has 1 fully saturated rings. The van der Waals surface area contributed by atoms with Crippen molar-refractivity contribution in [3.63, 3.8) is 0 Å². The fourth-order valence-electron chi connectivity index (χ4n) is 3.45. The third-order valence-electron chi connectivity index (χ3n) is 4.60. The van der Waals surface area contributed by atoms with Crippen LogP contribution < -0.4 is 16.0 Å². The maximum absolute atomic E-state index is 10.8. The lowest BCUT2D eigenvalue weighted by atomic mass is 9.76. The van der Waals surface area contributed by atoms with Crippen molar-refractivity contribution in [2.75, 3.05) is 23.7 Å². The van der Waals surface area contributed by atoms with Crippen LogP contribution in [-0.2, 0) is 12.8 Å². The van der Waals surface area contributed by atoms with E-state index in [9.17, 15) is 4.79 Å². The molecule has 2 aliphatic rings. The molecule has 2 heterocycles. The molecule has 0 saturated carbocycles. The Morgan fingerprint density at radius 2 is 2.23 bits per heavy atom. The zero-order valence-electron chi connectivity index (χ0n) is 13.1. The van der Waals surface area contributed by atoms with Gasteiger partial charge >= 0.3 is 6.09 Å². The molecule has 1 aliphatic heterocycles. The van der Waals surface area contributed by atoms with Crippen molar-refractivity contribution >= 4 is 17.9 Å². The van der Waals surface area contributed by atoms with Gasteiger partial charge in [0.05, 0.1) is 11.7 Å². The number of hydrogen-bond acceptors (Lipinski definition) is 5. The van der Waals surface area contributed by atoms with Crippen molar-refractivity contribution in [3.8, 4) is 0 Å². The smallest absolute Gasteiger partial charge is 0.404 e. The second-order valence-corrected chi connectivity index (χ2v) is 7.05. The number of carboxylic acid groups (broad SMARTS) is 1. The Balaban J connectivity index is 1.86. The van der Waals surface area contributed by atoms with Crippen molar-refractivity contribution in [1.82, 2.24) is 15.3 Å². The summed E-state index contributed by atoms with van der Waals surface area (Å²) in [6.45, 7) is 5.92. The molecule has 1 amide bonds. The molecule has 7 nitrogen and oxygen atoms in total. The van der Waals surface area contributed by atoms with Crippen molar-refractivity contribution < 1.29 is 9.90 Å². The van der Waals surface area contributed by atoms with Crippen LogP contribution in [0.15, 0.2) is 0 Å². The number of aromatic nitrogens is 2. The van der Waals surface area contributed by atoms with Gasteiger partial charge in [-0.25, -0.2) is 9.78 Å². The summed E-state index contributed by atoms with van der Waals surface area (Å²) >= 11 is 0. The average Bonchev–Trinajstić information content (AvgIpc) is 2.83. The Bertz CT molecular complexity index is 602. The number of anilines is 2. The van der Waals surface area contributed by atoms with Crippen LogP contribution in [-0.4, -0.2) is 40.3 Å². The van der Waals surface area contributed by atoms with Crippen LogP contribution >= 0.6 is 0 Å². The first-order valence-electron chi connectivity index (χ1n) is 7.74. The van der Waals surface area contributed by atoms with E-state index in [1.807, 2.05) is 0 Å². The third kappa shape index (κ3) is 2.93. The topological polar surface area (TPSA) is 104 Å². The molecule has 0 aromatic carbocycles. The predicted molar refractivity (Wildman–Crippen MR) is 84.0 cm³/mol. The molecule has 1 unspecified atom stereocenters. The monoisotopic (exact) mass is 305 g/mol. The van der Waals surface area contributed by atoms with E-state index in [4.69, 9.17) is 10.8 Å². The van der Waals surface area contributed by atoms with Gasteiger partial charge in [0.25, 0.3) is 0 Å². The molecule has 4 N–H and O–H groups in total. The maximum atomic E-state index is 10.8. The normalized spacial score (nSPS) is 23.2. The van der Waals surface area contributed by atoms with Crippen molar-refractivity contribution in [3.05, 3.63) is 11.3 Å². The molecule has 120 valence electrons. The van der Waals surface area contributed by atoms with Gasteiger partial charge in [0.1, 0.15) is 5.82 Å². The van der Waals surface area contributed by atoms with Crippen LogP contribution in [0, 0.1) is 5.41 Å². The summed E-state index contributed by atoms with van der Waals surface area (Å²) in [4.78, 5) is 21.8. The van der Waals surface area contributed by atoms with Crippen LogP contribution in [0.25, 0.3) is 0 Å². The standard InChI is InChI=1S/C15H23N5O2/c1-15(2)5-3-10-11(7-15)18-13(16)19-12(10)20-6-4-9(8-20)17-14(21)22/h9,17H,3-8H2,1-2H3,(H,21,22)(H2,16,18,19). The Labute approximate surface area is 129 Å². The van der Waals surface area contributed by atoms with E-state index in [-0.39, 0.29) is 11.5 Å². The Morgan fingerprint density at radius 3 is 2.95 bits per heavy atom. The highest BCUT2D eigenvalue weighted by atomic mass is 16.4. The van der Waals surface area contributed by atoms with Crippen molar-refractivity contribution in [2.45, 2.75) is 45.6 Å². The highest BCUT2D eigenvalue weighted by Crippen LogP contribution is 2.38. The first-order chi connectivity index (χ1) is 10.3. The molecule has 1 aromatic rings. The highest BCUT2D eigenvalue weighted by Gasteiger charge is 2.32. The van der Waals surface area contributed by atoms with E-state index in [1.54, 1.807) is 0 Å². The van der Waals surface area contributed by atoms with Gasteiger partial charge in [-0.1, -0.05) is 13.8 Å².